The fourth-order valence-electron chi connectivity index (χ4n) is 2.72. The number of amides is 2. The van der Waals surface area contributed by atoms with Gasteiger partial charge >= 0.3 is 6.09 Å². The summed E-state index contributed by atoms with van der Waals surface area (Å²) in [5.74, 6) is 0.496. The normalized spacial score (nSPS) is 11.7. The zero-order valence-electron chi connectivity index (χ0n) is 18.4. The Labute approximate surface area is 176 Å². The van der Waals surface area contributed by atoms with Gasteiger partial charge in [0.2, 0.25) is 5.95 Å². The minimum atomic E-state index is -0.546. The molecule has 0 saturated carbocycles. The molecule has 164 valence electrons. The van der Waals surface area contributed by atoms with Crippen LogP contribution in [0.25, 0.3) is 0 Å². The molecular weight excluding hydrogens is 386 g/mol. The van der Waals surface area contributed by atoms with Crippen LogP contribution in [0, 0.1) is 13.8 Å². The van der Waals surface area contributed by atoms with Crippen molar-refractivity contribution in [2.24, 2.45) is 0 Å². The van der Waals surface area contributed by atoms with E-state index in [4.69, 9.17) is 10.5 Å². The Kier molecular flexibility index (Phi) is 7.25. The molecule has 0 atom stereocenters. The summed E-state index contributed by atoms with van der Waals surface area (Å²) in [4.78, 5) is 28.7. The summed E-state index contributed by atoms with van der Waals surface area (Å²) < 4.78 is 8.50. The molecular formula is C20H31N7O3. The maximum atomic E-state index is 12.7. The van der Waals surface area contributed by atoms with E-state index in [0.717, 1.165) is 5.69 Å². The third-order valence-electron chi connectivity index (χ3n) is 4.07. The van der Waals surface area contributed by atoms with Gasteiger partial charge < -0.3 is 15.8 Å². The van der Waals surface area contributed by atoms with E-state index < -0.39 is 11.7 Å². The highest BCUT2D eigenvalue weighted by atomic mass is 16.6. The maximum Gasteiger partial charge on any atom is 0.407 e. The summed E-state index contributed by atoms with van der Waals surface area (Å²) in [6.45, 7) is 12.2. The highest BCUT2D eigenvalue weighted by Crippen LogP contribution is 2.19. The van der Waals surface area contributed by atoms with Crippen LogP contribution in [0.3, 0.4) is 0 Å². The Morgan fingerprint density at radius 3 is 2.60 bits per heavy atom. The van der Waals surface area contributed by atoms with Crippen LogP contribution in [0.15, 0.2) is 18.2 Å². The fraction of sp³-hybridized carbons (Fsp3) is 0.500. The van der Waals surface area contributed by atoms with Gasteiger partial charge in [0.25, 0.3) is 5.91 Å². The quantitative estimate of drug-likeness (QED) is 0.594. The molecule has 0 radical (unpaired) electrons. The fourth-order valence-corrected chi connectivity index (χ4v) is 2.72. The average molecular weight is 418 g/mol. The highest BCUT2D eigenvalue weighted by molar-refractivity contribution is 6.02. The van der Waals surface area contributed by atoms with Gasteiger partial charge in [-0.1, -0.05) is 12.2 Å². The second-order valence-corrected chi connectivity index (χ2v) is 7.81. The van der Waals surface area contributed by atoms with Crippen molar-refractivity contribution >= 4 is 23.8 Å². The molecule has 2 aromatic heterocycles. The van der Waals surface area contributed by atoms with Gasteiger partial charge in [-0.05, 0) is 47.6 Å². The van der Waals surface area contributed by atoms with E-state index in [-0.39, 0.29) is 5.91 Å². The van der Waals surface area contributed by atoms with Crippen molar-refractivity contribution in [2.75, 3.05) is 17.6 Å². The molecule has 4 N–H and O–H groups in total. The topological polar surface area (TPSA) is 129 Å². The molecule has 0 fully saturated rings. The van der Waals surface area contributed by atoms with Crippen molar-refractivity contribution in [3.05, 3.63) is 35.3 Å². The lowest BCUT2D eigenvalue weighted by molar-refractivity contribution is 0.0534. The Bertz CT molecular complexity index is 935. The minimum Gasteiger partial charge on any atom is -0.444 e. The van der Waals surface area contributed by atoms with Gasteiger partial charge in [-0.15, -0.1) is 0 Å². The highest BCUT2D eigenvalue weighted by Gasteiger charge is 2.18. The number of imidazole rings is 1. The van der Waals surface area contributed by atoms with E-state index in [0.29, 0.717) is 42.8 Å². The van der Waals surface area contributed by atoms with Crippen LogP contribution in [0.2, 0.25) is 0 Å². The molecule has 0 spiro atoms. The van der Waals surface area contributed by atoms with Crippen LogP contribution in [0.4, 0.5) is 16.6 Å². The zero-order chi connectivity index (χ0) is 22.5. The first-order valence-electron chi connectivity index (χ1n) is 9.82. The predicted molar refractivity (Wildman–Crippen MR) is 115 cm³/mol. The molecule has 2 amide bonds. The van der Waals surface area contributed by atoms with E-state index in [1.165, 1.54) is 0 Å². The van der Waals surface area contributed by atoms with Crippen molar-refractivity contribution in [3.8, 4) is 0 Å². The zero-order valence-corrected chi connectivity index (χ0v) is 18.4. The van der Waals surface area contributed by atoms with Gasteiger partial charge in [-0.2, -0.15) is 5.10 Å². The molecule has 2 rings (SSSR count). The first kappa shape index (κ1) is 23.0. The number of allylic oxidation sites excluding steroid dienone is 1. The van der Waals surface area contributed by atoms with Crippen molar-refractivity contribution in [3.63, 3.8) is 0 Å². The van der Waals surface area contributed by atoms with Crippen molar-refractivity contribution in [1.29, 1.82) is 0 Å². The summed E-state index contributed by atoms with van der Waals surface area (Å²) in [5, 5.41) is 9.75. The van der Waals surface area contributed by atoms with Crippen molar-refractivity contribution < 1.29 is 14.3 Å². The predicted octanol–water partition coefficient (Wildman–Crippen LogP) is 2.63. The number of carbonyl (C=O) groups excluding carboxylic acids is 2. The molecule has 0 unspecified atom stereocenters. The van der Waals surface area contributed by atoms with Crippen LogP contribution in [0.1, 0.15) is 49.6 Å². The Hall–Kier alpha value is -3.30. The number of nitrogen functional groups attached to an aromatic ring is 1. The maximum absolute atomic E-state index is 12.7. The van der Waals surface area contributed by atoms with Gasteiger partial charge in [0.15, 0.2) is 0 Å². The largest absolute Gasteiger partial charge is 0.444 e. The monoisotopic (exact) mass is 417 g/mol. The number of nitrogens with one attached hydrogen (secondary N) is 2. The number of nitrogens with zero attached hydrogens (tertiary/aromatic N) is 4. The summed E-state index contributed by atoms with van der Waals surface area (Å²) >= 11 is 0. The molecule has 0 aliphatic carbocycles. The van der Waals surface area contributed by atoms with Crippen LogP contribution >= 0.6 is 0 Å². The lowest BCUT2D eigenvalue weighted by Gasteiger charge is -2.19. The number of anilines is 2. The Morgan fingerprint density at radius 2 is 1.97 bits per heavy atom. The number of hydrogen-bond acceptors (Lipinski definition) is 6. The van der Waals surface area contributed by atoms with E-state index >= 15 is 0 Å². The van der Waals surface area contributed by atoms with E-state index in [1.54, 1.807) is 49.1 Å². The standard InChI is InChI=1S/C20H31N7O3/c1-7-27-15(12-13(2)25-27)17(28)24-18-23-14(3)16(21)26(18)11-9-8-10-22-19(29)30-20(4,5)6/h8-9,12H,7,10-11,21H2,1-6H3,(H,22,29)(H,23,24,28)/b9-8+. The molecule has 2 heterocycles. The molecule has 10 nitrogen and oxygen atoms in total. The number of aromatic nitrogens is 4. The number of carbonyl (C=O) groups is 2. The lowest BCUT2D eigenvalue weighted by Crippen LogP contribution is -2.32. The number of ether oxygens (including phenoxy) is 1. The van der Waals surface area contributed by atoms with Crippen molar-refractivity contribution in [1.82, 2.24) is 24.6 Å². The second-order valence-electron chi connectivity index (χ2n) is 7.81. The average Bonchev–Trinajstić information content (AvgIpc) is 3.14. The molecule has 0 aliphatic rings. The van der Waals surface area contributed by atoms with Gasteiger partial charge in [0.05, 0.1) is 11.4 Å². The third-order valence-corrected chi connectivity index (χ3v) is 4.07. The molecule has 0 bridgehead atoms. The molecule has 10 heteroatoms. The van der Waals surface area contributed by atoms with E-state index in [1.807, 2.05) is 19.9 Å². The number of aryl methyl sites for hydroxylation is 3. The number of hydrogen-bond donors (Lipinski definition) is 3. The lowest BCUT2D eigenvalue weighted by atomic mass is 10.2. The van der Waals surface area contributed by atoms with Gasteiger partial charge in [-0.25, -0.2) is 9.78 Å². The number of rotatable bonds is 7. The third kappa shape index (κ3) is 6.10. The molecule has 2 aromatic rings. The van der Waals surface area contributed by atoms with Crippen molar-refractivity contribution in [2.45, 2.75) is 60.2 Å². The summed E-state index contributed by atoms with van der Waals surface area (Å²) in [6, 6.07) is 1.73. The van der Waals surface area contributed by atoms with Gasteiger partial charge in [0.1, 0.15) is 17.1 Å². The number of nitrogens with two attached hydrogens (primary N) is 1. The first-order valence-corrected chi connectivity index (χ1v) is 9.82. The van der Waals surface area contributed by atoms with Gasteiger partial charge in [-0.3, -0.25) is 19.4 Å². The second kappa shape index (κ2) is 9.47. The Morgan fingerprint density at radius 1 is 1.27 bits per heavy atom. The SMILES string of the molecule is CCn1nc(C)cc1C(=O)Nc1nc(C)c(N)n1C/C=C/CNC(=O)OC(C)(C)C. The first-order chi connectivity index (χ1) is 14.0. The molecule has 30 heavy (non-hydrogen) atoms. The Balaban J connectivity index is 2.02. The number of alkyl carbamates (subject to hydrolysis) is 1. The molecule has 0 aliphatic heterocycles. The minimum absolute atomic E-state index is 0.305. The summed E-state index contributed by atoms with van der Waals surface area (Å²) in [5.41, 5.74) is 7.41. The van der Waals surface area contributed by atoms with E-state index in [2.05, 4.69) is 20.7 Å². The summed E-state index contributed by atoms with van der Waals surface area (Å²) in [7, 11) is 0. The van der Waals surface area contributed by atoms with Crippen LogP contribution in [0.5, 0.6) is 0 Å². The van der Waals surface area contributed by atoms with Crippen LogP contribution in [-0.2, 0) is 17.8 Å². The van der Waals surface area contributed by atoms with E-state index in [9.17, 15) is 9.59 Å². The van der Waals surface area contributed by atoms with Crippen LogP contribution < -0.4 is 16.4 Å². The summed E-state index contributed by atoms with van der Waals surface area (Å²) in [6.07, 6.45) is 3.12. The molecule has 0 saturated heterocycles. The smallest absolute Gasteiger partial charge is 0.407 e. The van der Waals surface area contributed by atoms with Crippen LogP contribution in [-0.4, -0.2) is 43.5 Å². The van der Waals surface area contributed by atoms with Gasteiger partial charge in [0, 0.05) is 19.6 Å². The molecule has 0 aromatic carbocycles.